The number of aromatic nitrogens is 1. The van der Waals surface area contributed by atoms with Gasteiger partial charge in [0.25, 0.3) is 0 Å². The molecule has 1 heterocycles. The topological polar surface area (TPSA) is 79.3 Å². The zero-order valence-corrected chi connectivity index (χ0v) is 13.0. The third-order valence-corrected chi connectivity index (χ3v) is 4.49. The summed E-state index contributed by atoms with van der Waals surface area (Å²) in [5.74, 6) is -1.96. The summed E-state index contributed by atoms with van der Waals surface area (Å²) in [6.45, 7) is 8.16. The van der Waals surface area contributed by atoms with Crippen LogP contribution in [0, 0.1) is 11.8 Å². The Morgan fingerprint density at radius 1 is 1.45 bits per heavy atom. The Balaban J connectivity index is 1.95. The van der Waals surface area contributed by atoms with Crippen molar-refractivity contribution >= 4 is 23.2 Å². The van der Waals surface area contributed by atoms with Crippen LogP contribution in [0.5, 0.6) is 0 Å². The standard InChI is InChI=1S/C14H20N2O3S/c1-7(12-16-10(6-20-12)14(2,3)4)15-11(17)8-5-9(8)13(18)19/h6-9H,5H2,1-4H3,(H,15,17)(H,18,19). The van der Waals surface area contributed by atoms with Crippen LogP contribution in [0.2, 0.25) is 0 Å². The number of aliphatic carboxylic acids is 1. The molecule has 1 saturated carbocycles. The van der Waals surface area contributed by atoms with Crippen LogP contribution >= 0.6 is 11.3 Å². The maximum atomic E-state index is 11.9. The summed E-state index contributed by atoms with van der Waals surface area (Å²) in [5, 5.41) is 14.5. The minimum absolute atomic E-state index is 0.0105. The lowest BCUT2D eigenvalue weighted by molar-refractivity contribution is -0.140. The molecule has 1 aromatic heterocycles. The van der Waals surface area contributed by atoms with Crippen LogP contribution in [0.4, 0.5) is 0 Å². The van der Waals surface area contributed by atoms with Gasteiger partial charge in [-0.3, -0.25) is 9.59 Å². The summed E-state index contributed by atoms with van der Waals surface area (Å²) < 4.78 is 0. The van der Waals surface area contributed by atoms with Crippen molar-refractivity contribution in [1.29, 1.82) is 0 Å². The third kappa shape index (κ3) is 3.17. The Hall–Kier alpha value is -1.43. The van der Waals surface area contributed by atoms with Crippen LogP contribution in [0.1, 0.15) is 50.9 Å². The molecule has 0 bridgehead atoms. The molecule has 0 spiro atoms. The van der Waals surface area contributed by atoms with Gasteiger partial charge in [0.05, 0.1) is 23.6 Å². The quantitative estimate of drug-likeness (QED) is 0.893. The van der Waals surface area contributed by atoms with E-state index in [1.807, 2.05) is 12.3 Å². The highest BCUT2D eigenvalue weighted by atomic mass is 32.1. The van der Waals surface area contributed by atoms with E-state index < -0.39 is 11.9 Å². The molecule has 5 nitrogen and oxygen atoms in total. The number of hydrogen-bond acceptors (Lipinski definition) is 4. The molecule has 110 valence electrons. The summed E-state index contributed by atoms with van der Waals surface area (Å²) >= 11 is 1.52. The van der Waals surface area contributed by atoms with Crippen LogP contribution in [0.15, 0.2) is 5.38 Å². The van der Waals surface area contributed by atoms with Crippen molar-refractivity contribution in [3.8, 4) is 0 Å². The molecule has 0 aromatic carbocycles. The predicted octanol–water partition coefficient (Wildman–Crippen LogP) is 2.34. The maximum Gasteiger partial charge on any atom is 0.307 e. The smallest absolute Gasteiger partial charge is 0.307 e. The first-order valence-electron chi connectivity index (χ1n) is 6.69. The van der Waals surface area contributed by atoms with Crippen molar-refractivity contribution in [2.45, 2.75) is 45.6 Å². The van der Waals surface area contributed by atoms with Crippen molar-refractivity contribution in [2.24, 2.45) is 11.8 Å². The number of carboxylic acid groups (broad SMARTS) is 1. The summed E-state index contributed by atoms with van der Waals surface area (Å²) in [7, 11) is 0. The molecule has 0 aliphatic heterocycles. The second kappa shape index (κ2) is 5.16. The maximum absolute atomic E-state index is 11.9. The van der Waals surface area contributed by atoms with Gasteiger partial charge in [-0.05, 0) is 13.3 Å². The van der Waals surface area contributed by atoms with Crippen molar-refractivity contribution in [3.63, 3.8) is 0 Å². The van der Waals surface area contributed by atoms with Crippen molar-refractivity contribution in [3.05, 3.63) is 16.1 Å². The van der Waals surface area contributed by atoms with E-state index in [2.05, 4.69) is 31.1 Å². The molecule has 0 radical (unpaired) electrons. The zero-order chi connectivity index (χ0) is 15.1. The predicted molar refractivity (Wildman–Crippen MR) is 76.6 cm³/mol. The van der Waals surface area contributed by atoms with Crippen LogP contribution in [-0.2, 0) is 15.0 Å². The van der Waals surface area contributed by atoms with Crippen LogP contribution in [-0.4, -0.2) is 22.0 Å². The number of nitrogens with one attached hydrogen (secondary N) is 1. The summed E-state index contributed by atoms with van der Waals surface area (Å²) in [6.07, 6.45) is 0.443. The lowest BCUT2D eigenvalue weighted by Crippen LogP contribution is -2.29. The number of carbonyl (C=O) groups is 2. The van der Waals surface area contributed by atoms with Gasteiger partial charge in [-0.2, -0.15) is 0 Å². The first-order chi connectivity index (χ1) is 9.20. The number of amides is 1. The molecule has 3 atom stereocenters. The van der Waals surface area contributed by atoms with E-state index >= 15 is 0 Å². The average Bonchev–Trinajstić information content (AvgIpc) is 2.96. The van der Waals surface area contributed by atoms with Crippen molar-refractivity contribution < 1.29 is 14.7 Å². The molecule has 20 heavy (non-hydrogen) atoms. The number of nitrogens with zero attached hydrogens (tertiary/aromatic N) is 1. The highest BCUT2D eigenvalue weighted by Crippen LogP contribution is 2.39. The highest BCUT2D eigenvalue weighted by Gasteiger charge is 2.48. The highest BCUT2D eigenvalue weighted by molar-refractivity contribution is 7.09. The Labute approximate surface area is 122 Å². The average molecular weight is 296 g/mol. The van der Waals surface area contributed by atoms with Gasteiger partial charge in [0.1, 0.15) is 5.01 Å². The van der Waals surface area contributed by atoms with Crippen LogP contribution < -0.4 is 5.32 Å². The van der Waals surface area contributed by atoms with Crippen molar-refractivity contribution in [2.75, 3.05) is 0 Å². The lowest BCUT2D eigenvalue weighted by Gasteiger charge is -2.15. The van der Waals surface area contributed by atoms with Crippen LogP contribution in [0.3, 0.4) is 0 Å². The molecule has 2 rings (SSSR count). The van der Waals surface area contributed by atoms with Crippen LogP contribution in [0.25, 0.3) is 0 Å². The second-order valence-electron chi connectivity index (χ2n) is 6.34. The van der Waals surface area contributed by atoms with Gasteiger partial charge in [-0.1, -0.05) is 20.8 Å². The fourth-order valence-electron chi connectivity index (χ4n) is 1.97. The molecular formula is C14H20N2O3S. The fourth-order valence-corrected chi connectivity index (χ4v) is 3.02. The number of rotatable bonds is 4. The summed E-state index contributed by atoms with van der Waals surface area (Å²) in [5.41, 5.74) is 0.997. The fraction of sp³-hybridized carbons (Fsp3) is 0.643. The molecule has 1 aliphatic carbocycles. The summed E-state index contributed by atoms with van der Waals surface area (Å²) in [4.78, 5) is 27.2. The van der Waals surface area contributed by atoms with Gasteiger partial charge in [-0.15, -0.1) is 11.3 Å². The Morgan fingerprint density at radius 3 is 2.55 bits per heavy atom. The number of carbonyl (C=O) groups excluding carboxylic acids is 1. The first-order valence-corrected chi connectivity index (χ1v) is 7.57. The number of hydrogen-bond donors (Lipinski definition) is 2. The molecule has 1 fully saturated rings. The number of thiazole rings is 1. The van der Waals surface area contributed by atoms with E-state index in [9.17, 15) is 9.59 Å². The van der Waals surface area contributed by atoms with Gasteiger partial charge in [0, 0.05) is 10.8 Å². The van der Waals surface area contributed by atoms with Gasteiger partial charge in [-0.25, -0.2) is 4.98 Å². The second-order valence-corrected chi connectivity index (χ2v) is 7.23. The largest absolute Gasteiger partial charge is 0.481 e. The third-order valence-electron chi connectivity index (χ3n) is 3.46. The Bertz CT molecular complexity index is 533. The van der Waals surface area contributed by atoms with E-state index in [0.717, 1.165) is 10.7 Å². The van der Waals surface area contributed by atoms with Crippen molar-refractivity contribution in [1.82, 2.24) is 10.3 Å². The van der Waals surface area contributed by atoms with E-state index in [4.69, 9.17) is 5.11 Å². The molecule has 6 heteroatoms. The minimum atomic E-state index is -0.887. The van der Waals surface area contributed by atoms with E-state index in [-0.39, 0.29) is 23.3 Å². The monoisotopic (exact) mass is 296 g/mol. The molecule has 2 N–H and O–H groups in total. The van der Waals surface area contributed by atoms with Gasteiger partial charge in [0.2, 0.25) is 5.91 Å². The van der Waals surface area contributed by atoms with Gasteiger partial charge < -0.3 is 10.4 Å². The minimum Gasteiger partial charge on any atom is -0.481 e. The molecule has 1 amide bonds. The SMILES string of the molecule is CC(NC(=O)C1CC1C(=O)O)c1nc(C(C)(C)C)cs1. The van der Waals surface area contributed by atoms with E-state index in [1.54, 1.807) is 0 Å². The molecule has 1 aliphatic rings. The lowest BCUT2D eigenvalue weighted by atomic mass is 9.93. The zero-order valence-electron chi connectivity index (χ0n) is 12.1. The van der Waals surface area contributed by atoms with E-state index in [0.29, 0.717) is 6.42 Å². The first kappa shape index (κ1) is 15.0. The van der Waals surface area contributed by atoms with E-state index in [1.165, 1.54) is 11.3 Å². The molecule has 1 aromatic rings. The molecular weight excluding hydrogens is 276 g/mol. The Morgan fingerprint density at radius 2 is 2.10 bits per heavy atom. The van der Waals surface area contributed by atoms with Gasteiger partial charge in [0.15, 0.2) is 0 Å². The number of carboxylic acids is 1. The Kier molecular flexibility index (Phi) is 3.86. The molecule has 0 saturated heterocycles. The van der Waals surface area contributed by atoms with Gasteiger partial charge >= 0.3 is 5.97 Å². The normalized spacial score (nSPS) is 23.2. The molecule has 3 unspecified atom stereocenters. The summed E-state index contributed by atoms with van der Waals surface area (Å²) in [6, 6.07) is -0.182.